The monoisotopic (exact) mass is 574 g/mol. The number of aromatic nitrogens is 1. The molecular formula is C32H38N4O6. The van der Waals surface area contributed by atoms with E-state index in [2.05, 4.69) is 21.1 Å². The number of aromatic amines is 1. The maximum absolute atomic E-state index is 11.9. The highest BCUT2D eigenvalue weighted by Gasteiger charge is 2.20. The van der Waals surface area contributed by atoms with Crippen molar-refractivity contribution >= 4 is 28.9 Å². The average Bonchev–Trinajstić information content (AvgIpc) is 3.47. The van der Waals surface area contributed by atoms with Crippen LogP contribution in [0.3, 0.4) is 0 Å². The SMILES string of the molecule is CCOC(=O)/C(=C/c1cc2c(cc1OC)CCCC2)N=[N+]=[N-].CCOC(=O)c1cc2c(OC)cc3c(c2[nH]1)CCCC3. The largest absolute Gasteiger partial charge is 0.496 e. The topological polar surface area (TPSA) is 136 Å². The maximum Gasteiger partial charge on any atom is 0.354 e. The first kappa shape index (κ1) is 30.5. The van der Waals surface area contributed by atoms with E-state index in [1.54, 1.807) is 21.1 Å². The van der Waals surface area contributed by atoms with Crippen molar-refractivity contribution in [1.29, 1.82) is 0 Å². The molecule has 2 aromatic carbocycles. The molecule has 0 aliphatic heterocycles. The van der Waals surface area contributed by atoms with Crippen molar-refractivity contribution in [3.05, 3.63) is 73.9 Å². The first-order valence-corrected chi connectivity index (χ1v) is 14.5. The fourth-order valence-corrected chi connectivity index (χ4v) is 5.58. The highest BCUT2D eigenvalue weighted by molar-refractivity contribution is 5.99. The summed E-state index contributed by atoms with van der Waals surface area (Å²) >= 11 is 0. The van der Waals surface area contributed by atoms with Gasteiger partial charge in [-0.2, -0.15) is 0 Å². The zero-order valence-corrected chi connectivity index (χ0v) is 24.7. The van der Waals surface area contributed by atoms with E-state index in [1.165, 1.54) is 47.6 Å². The van der Waals surface area contributed by atoms with Gasteiger partial charge in [-0.3, -0.25) is 0 Å². The van der Waals surface area contributed by atoms with E-state index in [4.69, 9.17) is 24.5 Å². The van der Waals surface area contributed by atoms with Crippen molar-refractivity contribution in [2.75, 3.05) is 27.4 Å². The molecule has 0 radical (unpaired) electrons. The van der Waals surface area contributed by atoms with Crippen LogP contribution in [0.4, 0.5) is 0 Å². The number of fused-ring (bicyclic) bond motifs is 4. The number of esters is 2. The number of hydrogen-bond donors (Lipinski definition) is 1. The Balaban J connectivity index is 0.000000193. The second-order valence-corrected chi connectivity index (χ2v) is 10.1. The molecule has 0 spiro atoms. The summed E-state index contributed by atoms with van der Waals surface area (Å²) in [6.45, 7) is 4.11. The summed E-state index contributed by atoms with van der Waals surface area (Å²) in [5.41, 5.74) is 16.0. The van der Waals surface area contributed by atoms with Crippen LogP contribution in [0.15, 0.2) is 35.1 Å². The fraction of sp³-hybridized carbons (Fsp3) is 0.438. The first-order chi connectivity index (χ1) is 20.4. The fourth-order valence-electron chi connectivity index (χ4n) is 5.58. The van der Waals surface area contributed by atoms with Crippen LogP contribution in [0, 0.1) is 0 Å². The molecule has 1 heterocycles. The molecule has 42 heavy (non-hydrogen) atoms. The van der Waals surface area contributed by atoms with Crippen LogP contribution < -0.4 is 9.47 Å². The van der Waals surface area contributed by atoms with Crippen molar-refractivity contribution < 1.29 is 28.5 Å². The molecule has 0 fully saturated rings. The van der Waals surface area contributed by atoms with E-state index >= 15 is 0 Å². The Morgan fingerprint density at radius 1 is 0.881 bits per heavy atom. The molecule has 0 amide bonds. The second kappa shape index (κ2) is 14.5. The van der Waals surface area contributed by atoms with Gasteiger partial charge in [-0.05, 0) is 123 Å². The first-order valence-electron chi connectivity index (χ1n) is 14.5. The second-order valence-electron chi connectivity index (χ2n) is 10.1. The number of ether oxygens (including phenoxy) is 4. The summed E-state index contributed by atoms with van der Waals surface area (Å²) in [6.07, 6.45) is 10.4. The molecule has 0 atom stereocenters. The van der Waals surface area contributed by atoms with Crippen molar-refractivity contribution in [2.24, 2.45) is 5.11 Å². The van der Waals surface area contributed by atoms with E-state index < -0.39 is 5.97 Å². The van der Waals surface area contributed by atoms with Crippen molar-refractivity contribution in [1.82, 2.24) is 4.98 Å². The Morgan fingerprint density at radius 3 is 2.14 bits per heavy atom. The van der Waals surface area contributed by atoms with Crippen LogP contribution in [-0.4, -0.2) is 44.4 Å². The Morgan fingerprint density at radius 2 is 1.50 bits per heavy atom. The van der Waals surface area contributed by atoms with Crippen molar-refractivity contribution in [2.45, 2.75) is 65.2 Å². The van der Waals surface area contributed by atoms with Gasteiger partial charge in [-0.15, -0.1) is 0 Å². The van der Waals surface area contributed by atoms with Gasteiger partial charge in [0, 0.05) is 15.9 Å². The molecule has 222 valence electrons. The van der Waals surface area contributed by atoms with Gasteiger partial charge >= 0.3 is 11.9 Å². The van der Waals surface area contributed by atoms with Gasteiger partial charge in [0.2, 0.25) is 0 Å². The van der Waals surface area contributed by atoms with Gasteiger partial charge < -0.3 is 23.9 Å². The molecule has 2 aliphatic carbocycles. The van der Waals surface area contributed by atoms with Crippen molar-refractivity contribution in [3.8, 4) is 11.5 Å². The van der Waals surface area contributed by atoms with E-state index in [1.807, 2.05) is 25.1 Å². The lowest BCUT2D eigenvalue weighted by Crippen LogP contribution is -2.07. The standard InChI is InChI=1S/C16H19N3O3.C16H19NO3/c1-3-22-16(20)14(18-19-17)9-13-8-11-6-4-5-7-12(11)10-15(13)21-2;1-3-20-16(18)13-9-12-14(19-2)8-10-6-4-5-7-11(10)15(12)17-13/h8-10H,3-7H2,1-2H3;8-9,17H,3-7H2,1-2H3/b14-9-;. The van der Waals surface area contributed by atoms with Gasteiger partial charge in [0.15, 0.2) is 0 Å². The lowest BCUT2D eigenvalue weighted by Gasteiger charge is -2.18. The Hall–Kier alpha value is -4.43. The van der Waals surface area contributed by atoms with Crippen LogP contribution >= 0.6 is 0 Å². The molecule has 5 rings (SSSR count). The number of H-pyrrole nitrogens is 1. The van der Waals surface area contributed by atoms with Crippen LogP contribution in [-0.2, 0) is 40.0 Å². The van der Waals surface area contributed by atoms with Crippen LogP contribution in [0.2, 0.25) is 0 Å². The number of hydrogen-bond acceptors (Lipinski definition) is 7. The highest BCUT2D eigenvalue weighted by atomic mass is 16.5. The third kappa shape index (κ3) is 6.89. The lowest BCUT2D eigenvalue weighted by molar-refractivity contribution is -0.138. The van der Waals surface area contributed by atoms with Gasteiger partial charge in [-0.1, -0.05) is 5.11 Å². The van der Waals surface area contributed by atoms with E-state index in [-0.39, 0.29) is 18.3 Å². The minimum atomic E-state index is -0.639. The third-order valence-electron chi connectivity index (χ3n) is 7.54. The number of azide groups is 1. The Kier molecular flexibility index (Phi) is 10.5. The number of benzene rings is 2. The number of carbonyl (C=O) groups excluding carboxylic acids is 2. The Bertz CT molecular complexity index is 1530. The molecule has 3 aromatic rings. The summed E-state index contributed by atoms with van der Waals surface area (Å²) in [7, 11) is 3.25. The smallest absolute Gasteiger partial charge is 0.354 e. The molecule has 2 aliphatic rings. The number of rotatable bonds is 8. The molecule has 0 unspecified atom stereocenters. The summed E-state index contributed by atoms with van der Waals surface area (Å²) in [6, 6.07) is 7.94. The number of nitrogens with zero attached hydrogens (tertiary/aromatic N) is 3. The molecule has 0 saturated heterocycles. The molecular weight excluding hydrogens is 536 g/mol. The average molecular weight is 575 g/mol. The predicted octanol–water partition coefficient (Wildman–Crippen LogP) is 7.02. The van der Waals surface area contributed by atoms with E-state index in [9.17, 15) is 9.59 Å². The predicted molar refractivity (Wildman–Crippen MR) is 161 cm³/mol. The van der Waals surface area contributed by atoms with Gasteiger partial charge in [0.05, 0.1) is 33.0 Å². The zero-order valence-electron chi connectivity index (χ0n) is 24.7. The molecule has 10 heteroatoms. The number of aryl methyl sites for hydroxylation is 4. The summed E-state index contributed by atoms with van der Waals surface area (Å²) in [4.78, 5) is 29.6. The molecule has 0 saturated carbocycles. The minimum absolute atomic E-state index is 0.0709. The highest BCUT2D eigenvalue weighted by Crippen LogP contribution is 2.36. The quantitative estimate of drug-likeness (QED) is 0.101. The van der Waals surface area contributed by atoms with E-state index in [0.717, 1.165) is 54.3 Å². The summed E-state index contributed by atoms with van der Waals surface area (Å²) in [5.74, 6) is 0.540. The molecule has 1 N–H and O–H groups in total. The normalized spacial score (nSPS) is 14.0. The number of methoxy groups -OCH3 is 2. The number of carbonyl (C=O) groups is 2. The maximum atomic E-state index is 11.9. The van der Waals surface area contributed by atoms with Gasteiger partial charge in [0.1, 0.15) is 22.9 Å². The lowest BCUT2D eigenvalue weighted by atomic mass is 9.90. The van der Waals surface area contributed by atoms with E-state index in [0.29, 0.717) is 18.1 Å². The van der Waals surface area contributed by atoms with Crippen LogP contribution in [0.1, 0.15) is 77.8 Å². The summed E-state index contributed by atoms with van der Waals surface area (Å²) in [5, 5.41) is 4.41. The minimum Gasteiger partial charge on any atom is -0.496 e. The van der Waals surface area contributed by atoms with Crippen LogP contribution in [0.5, 0.6) is 11.5 Å². The molecule has 1 aromatic heterocycles. The van der Waals surface area contributed by atoms with Gasteiger partial charge in [-0.25, -0.2) is 9.59 Å². The van der Waals surface area contributed by atoms with Crippen LogP contribution in [0.25, 0.3) is 27.4 Å². The summed E-state index contributed by atoms with van der Waals surface area (Å²) < 4.78 is 20.8. The van der Waals surface area contributed by atoms with Gasteiger partial charge in [0.25, 0.3) is 0 Å². The van der Waals surface area contributed by atoms with Crippen molar-refractivity contribution in [3.63, 3.8) is 0 Å². The molecule has 10 nitrogen and oxygen atoms in total. The third-order valence-corrected chi connectivity index (χ3v) is 7.54. The zero-order chi connectivity index (χ0) is 30.1. The number of nitrogens with one attached hydrogen (secondary N) is 1. The Labute approximate surface area is 245 Å². The molecule has 0 bridgehead atoms.